The largest absolute Gasteiger partial charge is 0.396 e. The van der Waals surface area contributed by atoms with Crippen molar-refractivity contribution in [1.82, 2.24) is 14.7 Å². The van der Waals surface area contributed by atoms with E-state index in [-0.39, 0.29) is 12.5 Å². The summed E-state index contributed by atoms with van der Waals surface area (Å²) in [5.41, 5.74) is 5.98. The van der Waals surface area contributed by atoms with E-state index in [1.165, 1.54) is 0 Å². The highest BCUT2D eigenvalue weighted by Gasteiger charge is 2.25. The number of hydrogen-bond acceptors (Lipinski definition) is 4. The molecule has 1 aliphatic heterocycles. The SMILES string of the molecule is NC(CCn1nccc1Br)C(=O)N1CCC(CO)CC1. The van der Waals surface area contributed by atoms with Crippen LogP contribution in [0.3, 0.4) is 0 Å². The quantitative estimate of drug-likeness (QED) is 0.818. The third kappa shape index (κ3) is 3.80. The molecule has 1 aliphatic rings. The Morgan fingerprint density at radius 1 is 1.55 bits per heavy atom. The molecule has 1 saturated heterocycles. The van der Waals surface area contributed by atoms with E-state index < -0.39 is 6.04 Å². The van der Waals surface area contributed by atoms with Crippen LogP contribution in [0.25, 0.3) is 0 Å². The van der Waals surface area contributed by atoms with Crippen molar-refractivity contribution in [2.24, 2.45) is 11.7 Å². The second-order valence-corrected chi connectivity index (χ2v) is 6.04. The van der Waals surface area contributed by atoms with E-state index in [2.05, 4.69) is 21.0 Å². The van der Waals surface area contributed by atoms with Crippen molar-refractivity contribution in [3.63, 3.8) is 0 Å². The lowest BCUT2D eigenvalue weighted by atomic mass is 9.97. The van der Waals surface area contributed by atoms with Crippen molar-refractivity contribution in [3.05, 3.63) is 16.9 Å². The van der Waals surface area contributed by atoms with Crippen LogP contribution in [0.4, 0.5) is 0 Å². The van der Waals surface area contributed by atoms with Crippen LogP contribution in [-0.2, 0) is 11.3 Å². The Kier molecular flexibility index (Phi) is 5.56. The van der Waals surface area contributed by atoms with Crippen molar-refractivity contribution < 1.29 is 9.90 Å². The van der Waals surface area contributed by atoms with Crippen LogP contribution < -0.4 is 5.73 Å². The fraction of sp³-hybridized carbons (Fsp3) is 0.692. The van der Waals surface area contributed by atoms with Crippen molar-refractivity contribution in [2.75, 3.05) is 19.7 Å². The fourth-order valence-corrected chi connectivity index (χ4v) is 2.82. The average Bonchev–Trinajstić information content (AvgIpc) is 2.89. The summed E-state index contributed by atoms with van der Waals surface area (Å²) in [5.74, 6) is 0.333. The number of hydrogen-bond donors (Lipinski definition) is 2. The van der Waals surface area contributed by atoms with Gasteiger partial charge in [0.1, 0.15) is 4.60 Å². The molecule has 3 N–H and O–H groups in total. The van der Waals surface area contributed by atoms with Crippen molar-refractivity contribution in [2.45, 2.75) is 31.8 Å². The normalized spacial score (nSPS) is 18.2. The van der Waals surface area contributed by atoms with Gasteiger partial charge < -0.3 is 15.7 Å². The standard InChI is InChI=1S/C13H21BrN4O2/c14-12-1-5-16-18(12)8-4-11(15)13(20)17-6-2-10(9-19)3-7-17/h1,5,10-11,19H,2-4,6-9,15H2. The molecule has 1 aromatic heterocycles. The molecule has 1 unspecified atom stereocenters. The molecular weight excluding hydrogens is 324 g/mol. The number of piperidine rings is 1. The first-order valence-electron chi connectivity index (χ1n) is 6.94. The van der Waals surface area contributed by atoms with Gasteiger partial charge in [0.2, 0.25) is 5.91 Å². The maximum atomic E-state index is 12.2. The van der Waals surface area contributed by atoms with E-state index in [1.54, 1.807) is 10.9 Å². The summed E-state index contributed by atoms with van der Waals surface area (Å²) in [6.07, 6.45) is 4.00. The zero-order valence-electron chi connectivity index (χ0n) is 11.4. The first kappa shape index (κ1) is 15.5. The lowest BCUT2D eigenvalue weighted by Gasteiger charge is -2.32. The maximum Gasteiger partial charge on any atom is 0.239 e. The van der Waals surface area contributed by atoms with Crippen molar-refractivity contribution in [3.8, 4) is 0 Å². The number of carbonyl (C=O) groups excluding carboxylic acids is 1. The van der Waals surface area contributed by atoms with Gasteiger partial charge in [-0.15, -0.1) is 0 Å². The third-order valence-corrected chi connectivity index (χ3v) is 4.49. The predicted octanol–water partition coefficient (Wildman–Crippen LogP) is 0.594. The van der Waals surface area contributed by atoms with Gasteiger partial charge in [-0.05, 0) is 47.2 Å². The van der Waals surface area contributed by atoms with Crippen molar-refractivity contribution in [1.29, 1.82) is 0 Å². The summed E-state index contributed by atoms with van der Waals surface area (Å²) in [6, 6.07) is 1.37. The molecule has 20 heavy (non-hydrogen) atoms. The van der Waals surface area contributed by atoms with E-state index in [4.69, 9.17) is 10.8 Å². The molecule has 0 spiro atoms. The van der Waals surface area contributed by atoms with Crippen LogP contribution in [-0.4, -0.2) is 51.4 Å². The summed E-state index contributed by atoms with van der Waals surface area (Å²) >= 11 is 3.39. The van der Waals surface area contributed by atoms with Gasteiger partial charge in [0.25, 0.3) is 0 Å². The van der Waals surface area contributed by atoms with Gasteiger partial charge in [0.15, 0.2) is 0 Å². The summed E-state index contributed by atoms with van der Waals surface area (Å²) in [6.45, 7) is 2.22. The fourth-order valence-electron chi connectivity index (χ4n) is 2.44. The second-order valence-electron chi connectivity index (χ2n) is 5.22. The number of aryl methyl sites for hydroxylation is 1. The molecule has 0 radical (unpaired) electrons. The van der Waals surface area contributed by atoms with Crippen LogP contribution in [0.2, 0.25) is 0 Å². The zero-order chi connectivity index (χ0) is 14.5. The van der Waals surface area contributed by atoms with Gasteiger partial charge in [0.05, 0.1) is 12.2 Å². The molecule has 0 aromatic carbocycles. The molecular formula is C13H21BrN4O2. The number of likely N-dealkylation sites (tertiary alicyclic amines) is 1. The number of aliphatic hydroxyl groups excluding tert-OH is 1. The summed E-state index contributed by atoms with van der Waals surface area (Å²) in [4.78, 5) is 14.0. The van der Waals surface area contributed by atoms with Crippen LogP contribution >= 0.6 is 15.9 Å². The highest BCUT2D eigenvalue weighted by Crippen LogP contribution is 2.17. The first-order chi connectivity index (χ1) is 9.61. The highest BCUT2D eigenvalue weighted by atomic mass is 79.9. The van der Waals surface area contributed by atoms with Crippen LogP contribution in [0.1, 0.15) is 19.3 Å². The Labute approximate surface area is 127 Å². The van der Waals surface area contributed by atoms with Gasteiger partial charge >= 0.3 is 0 Å². The molecule has 2 heterocycles. The van der Waals surface area contributed by atoms with Crippen LogP contribution in [0.5, 0.6) is 0 Å². The van der Waals surface area contributed by atoms with Crippen molar-refractivity contribution >= 4 is 21.8 Å². The molecule has 1 fully saturated rings. The number of nitrogens with zero attached hydrogens (tertiary/aromatic N) is 3. The number of amides is 1. The highest BCUT2D eigenvalue weighted by molar-refractivity contribution is 9.10. The topological polar surface area (TPSA) is 84.4 Å². The van der Waals surface area contributed by atoms with E-state index >= 15 is 0 Å². The molecule has 0 saturated carbocycles. The minimum Gasteiger partial charge on any atom is -0.396 e. The molecule has 112 valence electrons. The number of aliphatic hydroxyl groups is 1. The summed E-state index contributed by atoms with van der Waals surface area (Å²) in [5, 5.41) is 13.2. The Bertz CT molecular complexity index is 443. The minimum atomic E-state index is -0.489. The molecule has 0 bridgehead atoms. The molecule has 6 nitrogen and oxygen atoms in total. The van der Waals surface area contributed by atoms with Gasteiger partial charge in [-0.25, -0.2) is 0 Å². The number of halogens is 1. The number of rotatable bonds is 5. The molecule has 1 atom stereocenters. The Morgan fingerprint density at radius 3 is 2.80 bits per heavy atom. The Balaban J connectivity index is 1.79. The number of aromatic nitrogens is 2. The van der Waals surface area contributed by atoms with Gasteiger partial charge in [-0.3, -0.25) is 9.48 Å². The summed E-state index contributed by atoms with van der Waals surface area (Å²) < 4.78 is 2.67. The molecule has 1 amide bonds. The zero-order valence-corrected chi connectivity index (χ0v) is 13.0. The monoisotopic (exact) mass is 344 g/mol. The Morgan fingerprint density at radius 2 is 2.25 bits per heavy atom. The van der Waals surface area contributed by atoms with E-state index in [1.807, 2.05) is 11.0 Å². The molecule has 2 rings (SSSR count). The lowest BCUT2D eigenvalue weighted by Crippen LogP contribution is -2.47. The summed E-state index contributed by atoms with van der Waals surface area (Å²) in [7, 11) is 0. The van der Waals surface area contributed by atoms with Gasteiger partial charge in [-0.1, -0.05) is 0 Å². The van der Waals surface area contributed by atoms with E-state index in [0.29, 0.717) is 32.0 Å². The van der Waals surface area contributed by atoms with Gasteiger partial charge in [0, 0.05) is 26.2 Å². The minimum absolute atomic E-state index is 0.00432. The molecule has 7 heteroatoms. The Hall–Kier alpha value is -0.920. The lowest BCUT2D eigenvalue weighted by molar-refractivity contribution is -0.134. The smallest absolute Gasteiger partial charge is 0.239 e. The second kappa shape index (κ2) is 7.19. The van der Waals surface area contributed by atoms with Crippen LogP contribution in [0, 0.1) is 5.92 Å². The maximum absolute atomic E-state index is 12.2. The first-order valence-corrected chi connectivity index (χ1v) is 7.73. The number of nitrogens with two attached hydrogens (primary N) is 1. The van der Waals surface area contributed by atoms with Crippen LogP contribution in [0.15, 0.2) is 16.9 Å². The van der Waals surface area contributed by atoms with E-state index in [0.717, 1.165) is 17.4 Å². The molecule has 1 aromatic rings. The van der Waals surface area contributed by atoms with Gasteiger partial charge in [-0.2, -0.15) is 5.10 Å². The predicted molar refractivity (Wildman–Crippen MR) is 78.9 cm³/mol. The number of carbonyl (C=O) groups is 1. The van der Waals surface area contributed by atoms with E-state index in [9.17, 15) is 4.79 Å². The third-order valence-electron chi connectivity index (χ3n) is 3.82. The molecule has 0 aliphatic carbocycles. The average molecular weight is 345 g/mol.